The van der Waals surface area contributed by atoms with Crippen molar-refractivity contribution in [3.05, 3.63) is 12.2 Å². The number of amides is 1. The largest absolute Gasteiger partial charge is 0.516 e. The average molecular weight is 345 g/mol. The highest BCUT2D eigenvalue weighted by atomic mass is 32.2. The third-order valence-corrected chi connectivity index (χ3v) is 3.54. The molecule has 6 nitrogen and oxygen atoms in total. The second-order valence-corrected chi connectivity index (χ2v) is 6.23. The fourth-order valence-electron chi connectivity index (χ4n) is 1.29. The molecule has 0 heterocycles. The molecule has 0 atom stereocenters. The number of sulfonamides is 1. The summed E-state index contributed by atoms with van der Waals surface area (Å²) in [5.41, 5.74) is -5.22. The lowest BCUT2D eigenvalue weighted by atomic mass is 10.1. The van der Waals surface area contributed by atoms with Crippen LogP contribution >= 0.6 is 0 Å². The number of hydrogen-bond acceptors (Lipinski definition) is 5. The number of alkyl halides is 3. The van der Waals surface area contributed by atoms with Crippen molar-refractivity contribution in [2.45, 2.75) is 44.5 Å². The van der Waals surface area contributed by atoms with Crippen molar-refractivity contribution < 1.29 is 35.9 Å². The van der Waals surface area contributed by atoms with E-state index in [0.717, 1.165) is 4.72 Å². The van der Waals surface area contributed by atoms with Crippen molar-refractivity contribution in [2.24, 2.45) is 0 Å². The molecule has 0 aromatic rings. The van der Waals surface area contributed by atoms with E-state index in [2.05, 4.69) is 6.58 Å². The van der Waals surface area contributed by atoms with Gasteiger partial charge in [-0.05, 0) is 19.8 Å². The molecule has 0 unspecified atom stereocenters. The molecule has 0 aliphatic carbocycles. The monoisotopic (exact) mass is 345 g/mol. The highest BCUT2D eigenvalue weighted by Gasteiger charge is 2.46. The molecule has 0 fully saturated rings. The summed E-state index contributed by atoms with van der Waals surface area (Å²) in [6.45, 7) is 5.09. The zero-order valence-corrected chi connectivity index (χ0v) is 12.8. The van der Waals surface area contributed by atoms with Gasteiger partial charge in [-0.1, -0.05) is 19.4 Å². The number of hydrogen-bond donors (Lipinski definition) is 1. The number of nitrogens with one attached hydrogen (secondary N) is 1. The van der Waals surface area contributed by atoms with Crippen LogP contribution in [0.2, 0.25) is 0 Å². The van der Waals surface area contributed by atoms with Crippen LogP contribution in [0.3, 0.4) is 0 Å². The average Bonchev–Trinajstić information content (AvgIpc) is 2.35. The van der Waals surface area contributed by atoms with Gasteiger partial charge < -0.3 is 4.74 Å². The van der Waals surface area contributed by atoms with E-state index in [0.29, 0.717) is 19.3 Å². The molecule has 128 valence electrons. The van der Waals surface area contributed by atoms with E-state index in [1.807, 2.05) is 0 Å². The number of carbonyl (C=O) groups excluding carboxylic acids is 2. The maximum Gasteiger partial charge on any atom is 0.516 e. The van der Waals surface area contributed by atoms with Crippen LogP contribution in [0.4, 0.5) is 13.2 Å². The Balaban J connectivity index is 3.79. The second kappa shape index (κ2) is 8.76. The first-order valence-electron chi connectivity index (χ1n) is 6.42. The lowest BCUT2D eigenvalue weighted by molar-refractivity contribution is -0.139. The normalized spacial score (nSPS) is 11.8. The molecule has 0 aliphatic rings. The minimum atomic E-state index is -5.63. The van der Waals surface area contributed by atoms with Gasteiger partial charge in [-0.25, -0.2) is 9.52 Å². The fourth-order valence-corrected chi connectivity index (χ4v) is 1.81. The zero-order chi connectivity index (χ0) is 17.4. The molecule has 0 saturated carbocycles. The molecular weight excluding hydrogens is 327 g/mol. The van der Waals surface area contributed by atoms with Crippen molar-refractivity contribution in [1.29, 1.82) is 0 Å². The summed E-state index contributed by atoms with van der Waals surface area (Å²) in [7, 11) is -5.63. The summed E-state index contributed by atoms with van der Waals surface area (Å²) in [5, 5.41) is 0. The van der Waals surface area contributed by atoms with Crippen LogP contribution in [0.15, 0.2) is 12.2 Å². The van der Waals surface area contributed by atoms with Gasteiger partial charge in [0.1, 0.15) is 0 Å². The van der Waals surface area contributed by atoms with E-state index in [1.165, 1.54) is 6.92 Å². The maximum atomic E-state index is 12.0. The van der Waals surface area contributed by atoms with Gasteiger partial charge in [0.2, 0.25) is 5.91 Å². The highest BCUT2D eigenvalue weighted by Crippen LogP contribution is 2.21. The highest BCUT2D eigenvalue weighted by molar-refractivity contribution is 7.90. The van der Waals surface area contributed by atoms with Crippen molar-refractivity contribution in [2.75, 3.05) is 6.61 Å². The number of ether oxygens (including phenoxy) is 1. The first kappa shape index (κ1) is 20.4. The third kappa shape index (κ3) is 8.01. The van der Waals surface area contributed by atoms with Gasteiger partial charge in [-0.15, -0.1) is 0 Å². The van der Waals surface area contributed by atoms with Crippen LogP contribution in [0, 0.1) is 0 Å². The summed E-state index contributed by atoms with van der Waals surface area (Å²) in [6, 6.07) is 0. The summed E-state index contributed by atoms with van der Waals surface area (Å²) in [5.74, 6) is -1.71. The molecule has 0 bridgehead atoms. The quantitative estimate of drug-likeness (QED) is 0.392. The van der Waals surface area contributed by atoms with Crippen molar-refractivity contribution in [3.8, 4) is 0 Å². The predicted molar refractivity (Wildman–Crippen MR) is 72.0 cm³/mol. The van der Waals surface area contributed by atoms with Gasteiger partial charge >= 0.3 is 21.5 Å². The lowest BCUT2D eigenvalue weighted by Crippen LogP contribution is -2.40. The Bertz CT molecular complexity index is 513. The van der Waals surface area contributed by atoms with Crippen LogP contribution in [-0.4, -0.2) is 32.4 Å². The molecule has 0 saturated heterocycles. The fraction of sp³-hybridized carbons (Fsp3) is 0.667. The van der Waals surface area contributed by atoms with Gasteiger partial charge in [0, 0.05) is 12.0 Å². The second-order valence-electron chi connectivity index (χ2n) is 4.55. The number of halogens is 3. The number of unbranched alkanes of at least 4 members (excludes halogenated alkanes) is 3. The Kier molecular flexibility index (Phi) is 8.13. The van der Waals surface area contributed by atoms with E-state index in [4.69, 9.17) is 4.74 Å². The van der Waals surface area contributed by atoms with Crippen molar-refractivity contribution in [1.82, 2.24) is 4.72 Å². The maximum absolute atomic E-state index is 12.0. The Labute approximate surface area is 126 Å². The van der Waals surface area contributed by atoms with E-state index >= 15 is 0 Å². The molecule has 0 radical (unpaired) electrons. The third-order valence-electron chi connectivity index (χ3n) is 2.43. The number of carbonyl (C=O) groups is 2. The lowest BCUT2D eigenvalue weighted by Gasteiger charge is -2.09. The molecule has 22 heavy (non-hydrogen) atoms. The summed E-state index contributed by atoms with van der Waals surface area (Å²) < 4.78 is 63.0. The molecule has 0 spiro atoms. The molecule has 0 aliphatic heterocycles. The standard InChI is InChI=1S/C12H18F3NO5S/c1-9(2)11(18)21-8-6-4-3-5-7-10(17)16-22(19,20)12(13,14)15/h1,3-8H2,2H3,(H,16,17). The first-order chi connectivity index (χ1) is 9.97. The predicted octanol–water partition coefficient (Wildman–Crippen LogP) is 2.02. The Morgan fingerprint density at radius 3 is 2.18 bits per heavy atom. The molecule has 10 heteroatoms. The minimum Gasteiger partial charge on any atom is -0.462 e. The van der Waals surface area contributed by atoms with Gasteiger partial charge in [0.15, 0.2) is 0 Å². The Morgan fingerprint density at radius 1 is 1.14 bits per heavy atom. The first-order valence-corrected chi connectivity index (χ1v) is 7.90. The van der Waals surface area contributed by atoms with Gasteiger partial charge in [0.25, 0.3) is 0 Å². The summed E-state index contributed by atoms with van der Waals surface area (Å²) in [4.78, 5) is 22.1. The summed E-state index contributed by atoms with van der Waals surface area (Å²) >= 11 is 0. The van der Waals surface area contributed by atoms with Gasteiger partial charge in [0.05, 0.1) is 6.61 Å². The van der Waals surface area contributed by atoms with E-state index in [1.54, 1.807) is 0 Å². The molecule has 1 amide bonds. The van der Waals surface area contributed by atoms with Gasteiger partial charge in [-0.2, -0.15) is 21.6 Å². The van der Waals surface area contributed by atoms with Crippen LogP contribution in [-0.2, 0) is 24.3 Å². The molecule has 0 aromatic heterocycles. The van der Waals surface area contributed by atoms with Crippen LogP contribution in [0.1, 0.15) is 39.0 Å². The zero-order valence-electron chi connectivity index (χ0n) is 12.0. The van der Waals surface area contributed by atoms with E-state index < -0.39 is 27.4 Å². The van der Waals surface area contributed by atoms with Gasteiger partial charge in [-0.3, -0.25) is 4.79 Å². The van der Waals surface area contributed by atoms with Crippen LogP contribution < -0.4 is 4.72 Å². The molecular formula is C12H18F3NO5S. The SMILES string of the molecule is C=C(C)C(=O)OCCCCCCC(=O)NS(=O)(=O)C(F)(F)F. The summed E-state index contributed by atoms with van der Waals surface area (Å²) in [6.07, 6.45) is 1.50. The van der Waals surface area contributed by atoms with E-state index in [-0.39, 0.29) is 25.0 Å². The molecule has 0 rings (SSSR count). The minimum absolute atomic E-state index is 0.181. The van der Waals surface area contributed by atoms with Crippen LogP contribution in [0.25, 0.3) is 0 Å². The Hall–Kier alpha value is -1.58. The van der Waals surface area contributed by atoms with Crippen LogP contribution in [0.5, 0.6) is 0 Å². The number of esters is 1. The van der Waals surface area contributed by atoms with Crippen molar-refractivity contribution >= 4 is 21.9 Å². The van der Waals surface area contributed by atoms with Crippen molar-refractivity contribution in [3.63, 3.8) is 0 Å². The molecule has 0 aromatic carbocycles. The Morgan fingerprint density at radius 2 is 1.68 bits per heavy atom. The molecule has 1 N–H and O–H groups in total. The number of rotatable bonds is 9. The smallest absolute Gasteiger partial charge is 0.462 e. The topological polar surface area (TPSA) is 89.5 Å². The van der Waals surface area contributed by atoms with E-state index in [9.17, 15) is 31.2 Å².